The second-order valence-electron chi connectivity index (χ2n) is 14.9. The highest BCUT2D eigenvalue weighted by molar-refractivity contribution is 6.79. The molecule has 0 aliphatic carbocycles. The predicted molar refractivity (Wildman–Crippen MR) is 160 cm³/mol. The maximum atomic E-state index is 13.1. The summed E-state index contributed by atoms with van der Waals surface area (Å²) in [6, 6.07) is 6.41. The monoisotopic (exact) mass is 533 g/mol. The van der Waals surface area contributed by atoms with Crippen molar-refractivity contribution in [3.8, 4) is 5.75 Å². The van der Waals surface area contributed by atoms with Gasteiger partial charge in [0.2, 0.25) is 8.32 Å². The molecule has 1 aromatic carbocycles. The molecule has 7 heteroatoms. The molecule has 0 aliphatic rings. The zero-order valence-electron chi connectivity index (χ0n) is 25.1. The minimum Gasteiger partial charge on any atom is -0.543 e. The Labute approximate surface area is 218 Å². The molecular formula is C28H51NO3Si3. The van der Waals surface area contributed by atoms with E-state index in [9.17, 15) is 9.90 Å². The molecule has 0 radical (unpaired) electrons. The number of hydrogen-bond acceptors (Lipinski definition) is 2. The van der Waals surface area contributed by atoms with Crippen LogP contribution in [-0.4, -0.2) is 40.7 Å². The number of rotatable bonds is 6. The molecule has 0 saturated heterocycles. The van der Waals surface area contributed by atoms with Gasteiger partial charge in [-0.15, -0.1) is 0 Å². The van der Waals surface area contributed by atoms with Gasteiger partial charge in [0.15, 0.2) is 8.24 Å². The van der Waals surface area contributed by atoms with E-state index in [2.05, 4.69) is 124 Å². The first kappa shape index (κ1) is 29.9. The molecule has 2 rings (SSSR count). The van der Waals surface area contributed by atoms with Crippen molar-refractivity contribution in [3.05, 3.63) is 30.0 Å². The molecule has 0 spiro atoms. The van der Waals surface area contributed by atoms with Crippen LogP contribution in [0.3, 0.4) is 0 Å². The third-order valence-corrected chi connectivity index (χ3v) is 24.1. The van der Waals surface area contributed by atoms with Crippen LogP contribution in [-0.2, 0) is 9.83 Å². The van der Waals surface area contributed by atoms with E-state index in [1.54, 1.807) is 0 Å². The fourth-order valence-corrected chi connectivity index (χ4v) is 10.2. The summed E-state index contributed by atoms with van der Waals surface area (Å²) in [5, 5.41) is 11.0. The molecule has 35 heavy (non-hydrogen) atoms. The van der Waals surface area contributed by atoms with E-state index >= 15 is 0 Å². The van der Waals surface area contributed by atoms with Crippen LogP contribution < -0.4 is 4.43 Å². The summed E-state index contributed by atoms with van der Waals surface area (Å²) in [6.07, 6.45) is 2.21. The van der Waals surface area contributed by atoms with Gasteiger partial charge in [0.25, 0.3) is 0 Å². The fourth-order valence-electron chi connectivity index (χ4n) is 4.36. The largest absolute Gasteiger partial charge is 0.543 e. The second-order valence-corrected chi connectivity index (χ2v) is 29.0. The molecule has 0 saturated carbocycles. The second kappa shape index (κ2) is 8.91. The molecule has 2 aromatic rings. The van der Waals surface area contributed by atoms with E-state index in [0.29, 0.717) is 0 Å². The van der Waals surface area contributed by atoms with E-state index in [0.717, 1.165) is 22.2 Å². The van der Waals surface area contributed by atoms with Gasteiger partial charge in [-0.05, 0) is 58.9 Å². The van der Waals surface area contributed by atoms with Crippen molar-refractivity contribution in [1.29, 1.82) is 0 Å². The Hall–Kier alpha value is -1.32. The lowest BCUT2D eigenvalue weighted by Crippen LogP contribution is -2.50. The maximum Gasteiger partial charge on any atom is 0.310 e. The van der Waals surface area contributed by atoms with Crippen LogP contribution in [0.25, 0.3) is 10.9 Å². The van der Waals surface area contributed by atoms with Crippen molar-refractivity contribution in [2.75, 3.05) is 0 Å². The lowest BCUT2D eigenvalue weighted by molar-refractivity contribution is -0.140. The van der Waals surface area contributed by atoms with Crippen molar-refractivity contribution in [2.24, 2.45) is 0 Å². The first-order valence-electron chi connectivity index (χ1n) is 13.0. The van der Waals surface area contributed by atoms with Crippen LogP contribution in [0.15, 0.2) is 24.4 Å². The molecule has 0 bridgehead atoms. The van der Waals surface area contributed by atoms with Gasteiger partial charge in [-0.1, -0.05) is 82.0 Å². The summed E-state index contributed by atoms with van der Waals surface area (Å²) in [5.41, 5.74) is 2.09. The third-order valence-electron chi connectivity index (χ3n) is 9.56. The highest BCUT2D eigenvalue weighted by atomic mass is 28.4. The molecule has 0 amide bonds. The van der Waals surface area contributed by atoms with Gasteiger partial charge in [-0.2, -0.15) is 0 Å². The summed E-state index contributed by atoms with van der Waals surface area (Å²) < 4.78 is 9.15. The first-order chi connectivity index (χ1) is 15.4. The smallest absolute Gasteiger partial charge is 0.310 e. The van der Waals surface area contributed by atoms with Crippen LogP contribution in [0.5, 0.6) is 5.75 Å². The number of benzene rings is 1. The van der Waals surface area contributed by atoms with Crippen molar-refractivity contribution in [2.45, 2.75) is 122 Å². The maximum absolute atomic E-state index is 13.1. The number of hydrogen-bond donors (Lipinski definition) is 1. The zero-order chi connectivity index (χ0) is 27.6. The van der Waals surface area contributed by atoms with Gasteiger partial charge in [0.05, 0.1) is 13.8 Å². The van der Waals surface area contributed by atoms with Gasteiger partial charge in [-0.25, -0.2) is 0 Å². The Morgan fingerprint density at radius 2 is 1.43 bits per heavy atom. The SMILES string of the molecule is C[SiH](C(C)(C)C)C(C)(C(=O)O)c1cn([Si](C)(C)C(C)(C)C)c2ccc(O[Si](C)(C)C(C)(C)C)cc12. The van der Waals surface area contributed by atoms with Gasteiger partial charge in [0.1, 0.15) is 5.75 Å². The number of carbonyl (C=O) groups is 1. The van der Waals surface area contributed by atoms with Crippen LogP contribution in [0.2, 0.25) is 47.8 Å². The van der Waals surface area contributed by atoms with E-state index in [1.165, 1.54) is 0 Å². The van der Waals surface area contributed by atoms with Crippen LogP contribution >= 0.6 is 0 Å². The number of aliphatic carboxylic acids is 1. The van der Waals surface area contributed by atoms with E-state index in [1.807, 2.05) is 6.92 Å². The lowest BCUT2D eigenvalue weighted by Gasteiger charge is -2.40. The molecule has 198 valence electrons. The topological polar surface area (TPSA) is 51.5 Å². The number of carboxylic acid groups (broad SMARTS) is 1. The predicted octanol–water partition coefficient (Wildman–Crippen LogP) is 8.42. The average molecular weight is 534 g/mol. The third kappa shape index (κ3) is 5.23. The molecule has 0 fully saturated rings. The first-order valence-corrected chi connectivity index (χ1v) is 21.1. The van der Waals surface area contributed by atoms with Gasteiger partial charge in [-0.3, -0.25) is 4.79 Å². The van der Waals surface area contributed by atoms with Crippen molar-refractivity contribution < 1.29 is 14.3 Å². The van der Waals surface area contributed by atoms with Crippen molar-refractivity contribution in [3.63, 3.8) is 0 Å². The molecule has 4 nitrogen and oxygen atoms in total. The molecule has 2 unspecified atom stereocenters. The Morgan fingerprint density at radius 1 is 0.914 bits per heavy atom. The Balaban J connectivity index is 2.96. The molecular weight excluding hydrogens is 483 g/mol. The van der Waals surface area contributed by atoms with Crippen LogP contribution in [0.1, 0.15) is 74.8 Å². The van der Waals surface area contributed by atoms with Gasteiger partial charge >= 0.3 is 5.97 Å². The summed E-state index contributed by atoms with van der Waals surface area (Å²) in [5.74, 6) is 0.146. The molecule has 1 aromatic heterocycles. The van der Waals surface area contributed by atoms with Crippen LogP contribution in [0.4, 0.5) is 0 Å². The zero-order valence-corrected chi connectivity index (χ0v) is 28.3. The normalized spacial score (nSPS) is 16.8. The highest BCUT2D eigenvalue weighted by Crippen LogP contribution is 2.47. The number of carboxylic acids is 1. The van der Waals surface area contributed by atoms with E-state index < -0.39 is 36.4 Å². The molecule has 1 N–H and O–H groups in total. The Morgan fingerprint density at radius 3 is 1.83 bits per heavy atom. The number of nitrogens with zero attached hydrogens (tertiary/aromatic N) is 1. The van der Waals surface area contributed by atoms with E-state index in [-0.39, 0.29) is 15.1 Å². The quantitative estimate of drug-likeness (QED) is 0.379. The van der Waals surface area contributed by atoms with Gasteiger partial charge in [0, 0.05) is 17.1 Å². The summed E-state index contributed by atoms with van der Waals surface area (Å²) in [7, 11) is -5.85. The lowest BCUT2D eigenvalue weighted by atomic mass is 9.99. The Kier molecular flexibility index (Phi) is 7.61. The minimum absolute atomic E-state index is 0.0339. The average Bonchev–Trinajstić information content (AvgIpc) is 3.03. The van der Waals surface area contributed by atoms with E-state index in [4.69, 9.17) is 4.43 Å². The van der Waals surface area contributed by atoms with Crippen molar-refractivity contribution >= 4 is 42.2 Å². The Bertz CT molecular complexity index is 1100. The molecule has 2 atom stereocenters. The molecule has 0 aliphatic heterocycles. The summed E-state index contributed by atoms with van der Waals surface area (Å²) in [4.78, 5) is 13.1. The summed E-state index contributed by atoms with van der Waals surface area (Å²) >= 11 is 0. The minimum atomic E-state index is -2.04. The fraction of sp³-hybridized carbons (Fsp3) is 0.679. The van der Waals surface area contributed by atoms with Gasteiger partial charge < -0.3 is 13.8 Å². The number of aromatic nitrogens is 1. The standard InChI is InChI=1S/C28H51NO3Si3/c1-25(2,3)33(11)28(10,24(30)31)22-19-29(34(12,13)26(4,5)6)23-17-16-20(18-21(22)23)32-35(14,15)27(7,8)9/h16-19,33H,1-15H3,(H,30,31). The highest BCUT2D eigenvalue weighted by Gasteiger charge is 2.49. The summed E-state index contributed by atoms with van der Waals surface area (Å²) in [6.45, 7) is 33.7. The van der Waals surface area contributed by atoms with Crippen molar-refractivity contribution in [1.82, 2.24) is 4.23 Å². The molecule has 1 heterocycles. The van der Waals surface area contributed by atoms with Crippen LogP contribution in [0, 0.1) is 0 Å². The number of fused-ring (bicyclic) bond motifs is 1.